The summed E-state index contributed by atoms with van der Waals surface area (Å²) in [4.78, 5) is 7.19. The van der Waals surface area contributed by atoms with Crippen LogP contribution < -0.4 is 10.5 Å². The smallest absolute Gasteiger partial charge is 0.420 e. The third-order valence-corrected chi connectivity index (χ3v) is 2.72. The number of nitrogens with two attached hydrogens (primary N) is 1. The van der Waals surface area contributed by atoms with E-state index >= 15 is 0 Å². The maximum absolute atomic E-state index is 13.0. The minimum absolute atomic E-state index is 0.137. The number of aromatic nitrogens is 2. The highest BCUT2D eigenvalue weighted by atomic mass is 35.5. The van der Waals surface area contributed by atoms with E-state index in [9.17, 15) is 13.2 Å². The molecule has 0 saturated carbocycles. The number of anilines is 1. The molecular formula is C12H6ClF3N4O. The third-order valence-electron chi connectivity index (χ3n) is 2.42. The van der Waals surface area contributed by atoms with Crippen molar-refractivity contribution < 1.29 is 17.9 Å². The van der Waals surface area contributed by atoms with Gasteiger partial charge in [-0.05, 0) is 18.2 Å². The molecule has 0 aliphatic carbocycles. The molecule has 0 saturated heterocycles. The molecule has 0 fully saturated rings. The Labute approximate surface area is 121 Å². The first kappa shape index (κ1) is 14.9. The van der Waals surface area contributed by atoms with Gasteiger partial charge in [-0.15, -0.1) is 0 Å². The van der Waals surface area contributed by atoms with E-state index in [-0.39, 0.29) is 22.3 Å². The van der Waals surface area contributed by atoms with Crippen LogP contribution in [0, 0.1) is 11.3 Å². The second-order valence-corrected chi connectivity index (χ2v) is 4.16. The van der Waals surface area contributed by atoms with E-state index in [1.807, 2.05) is 0 Å². The molecule has 5 nitrogen and oxygen atoms in total. The van der Waals surface area contributed by atoms with Gasteiger partial charge in [-0.3, -0.25) is 0 Å². The van der Waals surface area contributed by atoms with Crippen LogP contribution in [0.2, 0.25) is 5.15 Å². The van der Waals surface area contributed by atoms with Crippen molar-refractivity contribution in [1.29, 1.82) is 5.26 Å². The zero-order valence-corrected chi connectivity index (χ0v) is 10.9. The van der Waals surface area contributed by atoms with Crippen LogP contribution in [-0.4, -0.2) is 9.97 Å². The molecule has 2 aromatic rings. The Hall–Kier alpha value is -2.53. The number of halogens is 4. The van der Waals surface area contributed by atoms with Crippen molar-refractivity contribution in [1.82, 2.24) is 9.97 Å². The van der Waals surface area contributed by atoms with E-state index in [1.165, 1.54) is 6.07 Å². The van der Waals surface area contributed by atoms with Gasteiger partial charge in [-0.2, -0.15) is 23.4 Å². The molecule has 0 radical (unpaired) electrons. The lowest BCUT2D eigenvalue weighted by atomic mass is 10.1. The normalized spacial score (nSPS) is 11.0. The fourth-order valence-electron chi connectivity index (χ4n) is 1.45. The summed E-state index contributed by atoms with van der Waals surface area (Å²) < 4.78 is 44.0. The van der Waals surface area contributed by atoms with Crippen molar-refractivity contribution in [3.05, 3.63) is 40.8 Å². The van der Waals surface area contributed by atoms with Crippen LogP contribution in [0.1, 0.15) is 11.1 Å². The summed E-state index contributed by atoms with van der Waals surface area (Å²) in [5, 5.41) is 8.54. The monoisotopic (exact) mass is 314 g/mol. The van der Waals surface area contributed by atoms with Gasteiger partial charge in [0, 0.05) is 0 Å². The van der Waals surface area contributed by atoms with Crippen LogP contribution in [0.3, 0.4) is 0 Å². The molecule has 0 amide bonds. The predicted octanol–water partition coefficient (Wildman–Crippen LogP) is 3.39. The topological polar surface area (TPSA) is 84.8 Å². The quantitative estimate of drug-likeness (QED) is 0.859. The lowest BCUT2D eigenvalue weighted by Crippen LogP contribution is -2.08. The summed E-state index contributed by atoms with van der Waals surface area (Å²) in [7, 11) is 0. The van der Waals surface area contributed by atoms with Crippen molar-refractivity contribution in [2.24, 2.45) is 0 Å². The number of nitrogens with zero attached hydrogens (tertiary/aromatic N) is 3. The highest BCUT2D eigenvalue weighted by molar-refractivity contribution is 6.32. The van der Waals surface area contributed by atoms with Crippen LogP contribution in [-0.2, 0) is 6.18 Å². The van der Waals surface area contributed by atoms with E-state index < -0.39 is 17.5 Å². The highest BCUT2D eigenvalue weighted by Crippen LogP contribution is 2.39. The number of ether oxygens (including phenoxy) is 1. The van der Waals surface area contributed by atoms with Crippen LogP contribution in [0.15, 0.2) is 24.5 Å². The van der Waals surface area contributed by atoms with Gasteiger partial charge in [0.2, 0.25) is 5.88 Å². The number of hydrogen-bond donors (Lipinski definition) is 1. The van der Waals surface area contributed by atoms with Gasteiger partial charge in [0.05, 0.1) is 17.2 Å². The van der Waals surface area contributed by atoms with E-state index in [2.05, 4.69) is 9.97 Å². The lowest BCUT2D eigenvalue weighted by Gasteiger charge is -2.14. The summed E-state index contributed by atoms with van der Waals surface area (Å²) in [6, 6.07) is 4.49. The molecule has 108 valence electrons. The first-order chi connectivity index (χ1) is 9.82. The summed E-state index contributed by atoms with van der Waals surface area (Å²) in [5.74, 6) is -0.840. The molecule has 2 rings (SSSR count). The Morgan fingerprint density at radius 1 is 1.29 bits per heavy atom. The van der Waals surface area contributed by atoms with Crippen LogP contribution in [0.4, 0.5) is 18.9 Å². The van der Waals surface area contributed by atoms with Gasteiger partial charge >= 0.3 is 6.18 Å². The summed E-state index contributed by atoms with van der Waals surface area (Å²) >= 11 is 5.64. The summed E-state index contributed by atoms with van der Waals surface area (Å²) in [5.41, 5.74) is 4.08. The SMILES string of the molecule is N#Cc1ccc(Oc2ncnc(Cl)c2N)c(C(F)(F)F)c1. The van der Waals surface area contributed by atoms with Gasteiger partial charge < -0.3 is 10.5 Å². The van der Waals surface area contributed by atoms with E-state index in [4.69, 9.17) is 27.3 Å². The van der Waals surface area contributed by atoms with Gasteiger partial charge in [-0.1, -0.05) is 11.6 Å². The fraction of sp³-hybridized carbons (Fsp3) is 0.0833. The largest absolute Gasteiger partial charge is 0.436 e. The second-order valence-electron chi connectivity index (χ2n) is 3.81. The number of benzene rings is 1. The Balaban J connectivity index is 2.50. The predicted molar refractivity (Wildman–Crippen MR) is 67.7 cm³/mol. The first-order valence-corrected chi connectivity index (χ1v) is 5.76. The molecule has 0 unspecified atom stereocenters. The second kappa shape index (κ2) is 5.46. The maximum Gasteiger partial charge on any atom is 0.420 e. The Kier molecular flexibility index (Phi) is 3.86. The minimum Gasteiger partial charge on any atom is -0.436 e. The number of nitriles is 1. The van der Waals surface area contributed by atoms with Crippen molar-refractivity contribution in [2.45, 2.75) is 6.18 Å². The molecule has 1 heterocycles. The average Bonchev–Trinajstić information content (AvgIpc) is 2.43. The molecular weight excluding hydrogens is 309 g/mol. The average molecular weight is 315 g/mol. The van der Waals surface area contributed by atoms with Gasteiger partial charge in [0.1, 0.15) is 17.8 Å². The zero-order chi connectivity index (χ0) is 15.6. The molecule has 1 aromatic carbocycles. The first-order valence-electron chi connectivity index (χ1n) is 5.38. The van der Waals surface area contributed by atoms with Crippen molar-refractivity contribution in [3.8, 4) is 17.7 Å². The van der Waals surface area contributed by atoms with E-state index in [0.29, 0.717) is 6.07 Å². The number of nitrogen functional groups attached to an aromatic ring is 1. The number of rotatable bonds is 2. The molecule has 0 aliphatic rings. The fourth-order valence-corrected chi connectivity index (χ4v) is 1.58. The molecule has 2 N–H and O–H groups in total. The van der Waals surface area contributed by atoms with E-state index in [1.54, 1.807) is 6.07 Å². The molecule has 0 atom stereocenters. The van der Waals surface area contributed by atoms with Gasteiger partial charge in [0.25, 0.3) is 0 Å². The van der Waals surface area contributed by atoms with Crippen molar-refractivity contribution in [3.63, 3.8) is 0 Å². The molecule has 1 aromatic heterocycles. The standard InChI is InChI=1S/C12H6ClF3N4O/c13-10-9(18)11(20-5-19-10)21-8-2-1-6(4-17)3-7(8)12(14,15)16/h1-3,5H,18H2. The Bertz CT molecular complexity index is 727. The van der Waals surface area contributed by atoms with Crippen LogP contribution in [0.5, 0.6) is 11.6 Å². The molecule has 0 spiro atoms. The number of alkyl halides is 3. The van der Waals surface area contributed by atoms with Crippen LogP contribution in [0.25, 0.3) is 0 Å². The zero-order valence-electron chi connectivity index (χ0n) is 10.1. The van der Waals surface area contributed by atoms with Gasteiger partial charge in [0.15, 0.2) is 5.15 Å². The molecule has 0 aliphatic heterocycles. The molecule has 0 bridgehead atoms. The molecule has 9 heteroatoms. The highest BCUT2D eigenvalue weighted by Gasteiger charge is 2.35. The summed E-state index contributed by atoms with van der Waals surface area (Å²) in [6.07, 6.45) is -3.70. The molecule has 21 heavy (non-hydrogen) atoms. The minimum atomic E-state index is -4.70. The number of hydrogen-bond acceptors (Lipinski definition) is 5. The lowest BCUT2D eigenvalue weighted by molar-refractivity contribution is -0.138. The van der Waals surface area contributed by atoms with Gasteiger partial charge in [-0.25, -0.2) is 4.98 Å². The van der Waals surface area contributed by atoms with E-state index in [0.717, 1.165) is 12.4 Å². The summed E-state index contributed by atoms with van der Waals surface area (Å²) in [6.45, 7) is 0. The maximum atomic E-state index is 13.0. The van der Waals surface area contributed by atoms with Crippen molar-refractivity contribution >= 4 is 17.3 Å². The Morgan fingerprint density at radius 2 is 2.00 bits per heavy atom. The van der Waals surface area contributed by atoms with Crippen LogP contribution >= 0.6 is 11.6 Å². The van der Waals surface area contributed by atoms with Crippen molar-refractivity contribution in [2.75, 3.05) is 5.73 Å². The Morgan fingerprint density at radius 3 is 2.62 bits per heavy atom. The third kappa shape index (κ3) is 3.14.